The van der Waals surface area contributed by atoms with Gasteiger partial charge in [-0.2, -0.15) is 0 Å². The zero-order valence-corrected chi connectivity index (χ0v) is 9.80. The number of hydrogen-bond donors (Lipinski definition) is 1. The van der Waals surface area contributed by atoms with Gasteiger partial charge in [-0.05, 0) is 24.1 Å². The van der Waals surface area contributed by atoms with Crippen molar-refractivity contribution in [3.8, 4) is 0 Å². The lowest BCUT2D eigenvalue weighted by atomic mass is 10.1. The van der Waals surface area contributed by atoms with Crippen LogP contribution in [0.3, 0.4) is 0 Å². The summed E-state index contributed by atoms with van der Waals surface area (Å²) in [6.07, 6.45) is 1.07. The van der Waals surface area contributed by atoms with Crippen LogP contribution in [-0.4, -0.2) is 17.3 Å². The van der Waals surface area contributed by atoms with Crippen molar-refractivity contribution in [2.45, 2.75) is 18.2 Å². The standard InChI is InChI=1S/C11H13NS2/c1-2-8-3-4-10-9(7-8)11(13)12-5-6-14-10/h3-4,7H,2,5-6H2,1H3,(H,12,13). The van der Waals surface area contributed by atoms with Crippen LogP contribution in [0.1, 0.15) is 18.1 Å². The van der Waals surface area contributed by atoms with Gasteiger partial charge >= 0.3 is 0 Å². The Morgan fingerprint density at radius 1 is 1.50 bits per heavy atom. The van der Waals surface area contributed by atoms with E-state index in [9.17, 15) is 0 Å². The highest BCUT2D eigenvalue weighted by atomic mass is 32.2. The molecule has 0 fully saturated rings. The molecule has 0 saturated heterocycles. The number of hydrogen-bond acceptors (Lipinski definition) is 2. The minimum absolute atomic E-state index is 0.903. The van der Waals surface area contributed by atoms with Gasteiger partial charge in [0.15, 0.2) is 0 Å². The summed E-state index contributed by atoms with van der Waals surface area (Å²) in [4.78, 5) is 2.22. The van der Waals surface area contributed by atoms with Crippen molar-refractivity contribution in [2.75, 3.05) is 12.3 Å². The van der Waals surface area contributed by atoms with Gasteiger partial charge in [0.2, 0.25) is 0 Å². The third kappa shape index (κ3) is 1.93. The third-order valence-corrected chi connectivity index (χ3v) is 3.78. The molecule has 0 atom stereocenters. The molecule has 1 nitrogen and oxygen atoms in total. The van der Waals surface area contributed by atoms with Gasteiger partial charge in [0.1, 0.15) is 4.99 Å². The van der Waals surface area contributed by atoms with Crippen LogP contribution in [0.25, 0.3) is 0 Å². The van der Waals surface area contributed by atoms with Crippen LogP contribution in [0.15, 0.2) is 23.1 Å². The van der Waals surface area contributed by atoms with Crippen molar-refractivity contribution in [1.82, 2.24) is 5.32 Å². The lowest BCUT2D eigenvalue weighted by Gasteiger charge is -2.07. The summed E-state index contributed by atoms with van der Waals surface area (Å²) < 4.78 is 0. The smallest absolute Gasteiger partial charge is 0.107 e. The Morgan fingerprint density at radius 2 is 2.36 bits per heavy atom. The van der Waals surface area contributed by atoms with Gasteiger partial charge in [-0.15, -0.1) is 11.8 Å². The predicted molar refractivity (Wildman–Crippen MR) is 66.2 cm³/mol. The fourth-order valence-electron chi connectivity index (χ4n) is 1.52. The normalized spacial score (nSPS) is 15.6. The average Bonchev–Trinajstić information content (AvgIpc) is 2.40. The summed E-state index contributed by atoms with van der Waals surface area (Å²) in [5.74, 6) is 1.10. The van der Waals surface area contributed by atoms with Crippen molar-refractivity contribution in [3.05, 3.63) is 29.3 Å². The van der Waals surface area contributed by atoms with Gasteiger partial charge in [0, 0.05) is 22.8 Å². The number of fused-ring (bicyclic) bond motifs is 1. The third-order valence-electron chi connectivity index (χ3n) is 2.34. The first-order valence-electron chi connectivity index (χ1n) is 4.85. The molecule has 1 heterocycles. The van der Waals surface area contributed by atoms with Crippen LogP contribution in [0, 0.1) is 0 Å². The molecule has 1 aliphatic rings. The van der Waals surface area contributed by atoms with Crippen molar-refractivity contribution < 1.29 is 0 Å². The van der Waals surface area contributed by atoms with Gasteiger partial charge in [0.25, 0.3) is 0 Å². The molecule has 3 heteroatoms. The minimum Gasteiger partial charge on any atom is -0.375 e. The highest BCUT2D eigenvalue weighted by Crippen LogP contribution is 2.26. The van der Waals surface area contributed by atoms with E-state index >= 15 is 0 Å². The van der Waals surface area contributed by atoms with Crippen LogP contribution in [0.2, 0.25) is 0 Å². The van der Waals surface area contributed by atoms with Gasteiger partial charge < -0.3 is 5.32 Å². The van der Waals surface area contributed by atoms with E-state index in [4.69, 9.17) is 12.2 Å². The van der Waals surface area contributed by atoms with E-state index in [-0.39, 0.29) is 0 Å². The van der Waals surface area contributed by atoms with Crippen LogP contribution in [-0.2, 0) is 6.42 Å². The fourth-order valence-corrected chi connectivity index (χ4v) is 2.76. The van der Waals surface area contributed by atoms with E-state index in [1.165, 1.54) is 16.0 Å². The van der Waals surface area contributed by atoms with Crippen LogP contribution in [0.4, 0.5) is 0 Å². The lowest BCUT2D eigenvalue weighted by molar-refractivity contribution is 0.999. The molecule has 0 bridgehead atoms. The Labute approximate surface area is 94.3 Å². The van der Waals surface area contributed by atoms with Crippen molar-refractivity contribution in [2.24, 2.45) is 0 Å². The molecule has 74 valence electrons. The first-order valence-corrected chi connectivity index (χ1v) is 6.24. The summed E-state index contributed by atoms with van der Waals surface area (Å²) in [6, 6.07) is 6.60. The number of thioether (sulfide) groups is 1. The van der Waals surface area contributed by atoms with E-state index in [0.717, 1.165) is 23.7 Å². The quantitative estimate of drug-likeness (QED) is 0.735. The minimum atomic E-state index is 0.903. The second-order valence-corrected chi connectivity index (χ2v) is 4.83. The Balaban J connectivity index is 2.44. The van der Waals surface area contributed by atoms with E-state index in [2.05, 4.69) is 30.4 Å². The van der Waals surface area contributed by atoms with Crippen molar-refractivity contribution >= 4 is 29.0 Å². The van der Waals surface area contributed by atoms with Gasteiger partial charge in [0.05, 0.1) is 0 Å². The zero-order chi connectivity index (χ0) is 9.97. The molecule has 0 radical (unpaired) electrons. The van der Waals surface area contributed by atoms with E-state index in [0.29, 0.717) is 0 Å². The Bertz CT molecular complexity index is 360. The number of nitrogens with one attached hydrogen (secondary N) is 1. The summed E-state index contributed by atoms with van der Waals surface area (Å²) >= 11 is 7.21. The zero-order valence-electron chi connectivity index (χ0n) is 8.17. The fraction of sp³-hybridized carbons (Fsp3) is 0.364. The SMILES string of the molecule is CCc1ccc2c(c1)C(=S)NCCS2. The largest absolute Gasteiger partial charge is 0.375 e. The summed E-state index contributed by atoms with van der Waals surface area (Å²) in [5, 5.41) is 3.26. The molecule has 1 aromatic carbocycles. The first-order chi connectivity index (χ1) is 6.81. The van der Waals surface area contributed by atoms with E-state index in [1.54, 1.807) is 0 Å². The maximum Gasteiger partial charge on any atom is 0.107 e. The average molecular weight is 223 g/mol. The molecule has 1 aliphatic heterocycles. The maximum atomic E-state index is 5.33. The molecule has 1 N–H and O–H groups in total. The molecule has 1 aromatic rings. The highest BCUT2D eigenvalue weighted by molar-refractivity contribution is 7.99. The van der Waals surface area contributed by atoms with Gasteiger partial charge in [-0.25, -0.2) is 0 Å². The van der Waals surface area contributed by atoms with E-state index < -0.39 is 0 Å². The monoisotopic (exact) mass is 223 g/mol. The molecule has 0 spiro atoms. The molecule has 0 unspecified atom stereocenters. The predicted octanol–water partition coefficient (Wildman–Crippen LogP) is 2.62. The summed E-state index contributed by atoms with van der Waals surface area (Å²) in [7, 11) is 0. The lowest BCUT2D eigenvalue weighted by Crippen LogP contribution is -2.22. The first kappa shape index (κ1) is 9.99. The Hall–Kier alpha value is -0.540. The number of benzene rings is 1. The second-order valence-electron chi connectivity index (χ2n) is 3.29. The number of thiocarbonyl (C=S) groups is 1. The van der Waals surface area contributed by atoms with Crippen LogP contribution >= 0.6 is 24.0 Å². The molecule has 0 aromatic heterocycles. The second kappa shape index (κ2) is 4.32. The van der Waals surface area contributed by atoms with Crippen LogP contribution < -0.4 is 5.32 Å². The molecule has 0 saturated carbocycles. The Morgan fingerprint density at radius 3 is 3.14 bits per heavy atom. The molecular formula is C11H13NS2. The van der Waals surface area contributed by atoms with E-state index in [1.807, 2.05) is 11.8 Å². The highest BCUT2D eigenvalue weighted by Gasteiger charge is 2.12. The van der Waals surface area contributed by atoms with Gasteiger partial charge in [-0.3, -0.25) is 0 Å². The molecule has 2 rings (SSSR count). The maximum absolute atomic E-state index is 5.33. The van der Waals surface area contributed by atoms with Crippen molar-refractivity contribution in [1.29, 1.82) is 0 Å². The summed E-state index contributed by atoms with van der Waals surface area (Å²) in [6.45, 7) is 3.14. The Kier molecular flexibility index (Phi) is 3.08. The molecule has 0 aliphatic carbocycles. The van der Waals surface area contributed by atoms with Crippen LogP contribution in [0.5, 0.6) is 0 Å². The number of aryl methyl sites for hydroxylation is 1. The molecule has 14 heavy (non-hydrogen) atoms. The topological polar surface area (TPSA) is 12.0 Å². The molecule has 0 amide bonds. The van der Waals surface area contributed by atoms with Crippen molar-refractivity contribution in [3.63, 3.8) is 0 Å². The number of rotatable bonds is 1. The molecular weight excluding hydrogens is 210 g/mol. The summed E-state index contributed by atoms with van der Waals surface area (Å²) in [5.41, 5.74) is 2.57. The van der Waals surface area contributed by atoms with Gasteiger partial charge in [-0.1, -0.05) is 25.2 Å².